The highest BCUT2D eigenvalue weighted by Gasteiger charge is 2.30. The predicted octanol–water partition coefficient (Wildman–Crippen LogP) is 4.56. The molecule has 3 aliphatic heterocycles. The normalized spacial score (nSPS) is 17.6. The number of aromatic nitrogens is 4. The first-order chi connectivity index (χ1) is 24.1. The van der Waals surface area contributed by atoms with Crippen molar-refractivity contribution in [2.45, 2.75) is 64.8 Å². The molecule has 0 unspecified atom stereocenters. The molecule has 0 aliphatic carbocycles. The third-order valence-electron chi connectivity index (χ3n) is 10.4. The summed E-state index contributed by atoms with van der Waals surface area (Å²) < 4.78 is 9.33. The highest BCUT2D eigenvalue weighted by atomic mass is 35.5. The van der Waals surface area contributed by atoms with E-state index in [1.807, 2.05) is 60.5 Å². The number of fused-ring (bicyclic) bond motifs is 2. The number of β-amino-alcohol motifs (C(OH)–C–C–N with tert-alkyl or cyclic N) is 1. The Balaban J connectivity index is 1.07. The van der Waals surface area contributed by atoms with E-state index in [9.17, 15) is 14.7 Å². The molecule has 264 valence electrons. The first kappa shape index (κ1) is 34.4. The van der Waals surface area contributed by atoms with Crippen LogP contribution in [-0.4, -0.2) is 90.8 Å². The number of carbonyl (C=O) groups is 2. The van der Waals surface area contributed by atoms with E-state index in [0.29, 0.717) is 47.2 Å². The van der Waals surface area contributed by atoms with Gasteiger partial charge in [-0.25, -0.2) is 9.97 Å². The van der Waals surface area contributed by atoms with Gasteiger partial charge in [0.2, 0.25) is 0 Å². The Hall–Kier alpha value is -4.07. The molecule has 7 rings (SSSR count). The second kappa shape index (κ2) is 14.3. The van der Waals surface area contributed by atoms with E-state index < -0.39 is 6.10 Å². The number of halogens is 1. The van der Waals surface area contributed by atoms with Gasteiger partial charge in [0.15, 0.2) is 11.6 Å². The molecule has 0 bridgehead atoms. The minimum absolute atomic E-state index is 0.301. The van der Waals surface area contributed by atoms with E-state index >= 15 is 0 Å². The molecule has 1 saturated heterocycles. The molecule has 2 aromatic heterocycles. The lowest BCUT2D eigenvalue weighted by atomic mass is 9.98. The van der Waals surface area contributed by atoms with Crippen molar-refractivity contribution in [3.05, 3.63) is 81.4 Å². The fourth-order valence-electron chi connectivity index (χ4n) is 7.68. The predicted molar refractivity (Wildman–Crippen MR) is 193 cm³/mol. The first-order valence-electron chi connectivity index (χ1n) is 17.4. The average Bonchev–Trinajstić information content (AvgIpc) is 3.62. The Morgan fingerprint density at radius 2 is 1.48 bits per heavy atom. The van der Waals surface area contributed by atoms with Crippen LogP contribution in [0.2, 0.25) is 5.02 Å². The highest BCUT2D eigenvalue weighted by Crippen LogP contribution is 2.38. The highest BCUT2D eigenvalue weighted by molar-refractivity contribution is 6.36. The topological polar surface area (TPSA) is 130 Å². The van der Waals surface area contributed by atoms with Crippen LogP contribution < -0.4 is 10.6 Å². The van der Waals surface area contributed by atoms with Crippen molar-refractivity contribution in [2.75, 3.05) is 43.5 Å². The molecule has 2 amide bonds. The van der Waals surface area contributed by atoms with Crippen LogP contribution in [0.5, 0.6) is 0 Å². The summed E-state index contributed by atoms with van der Waals surface area (Å²) >= 11 is 6.99. The molecule has 12 nitrogen and oxygen atoms in total. The molecule has 50 heavy (non-hydrogen) atoms. The number of hydrogen-bond donors (Lipinski definition) is 3. The lowest BCUT2D eigenvalue weighted by Gasteiger charge is -2.36. The first-order valence-corrected chi connectivity index (χ1v) is 17.8. The number of carbonyl (C=O) groups excluding carboxylic acids is 2. The summed E-state index contributed by atoms with van der Waals surface area (Å²) in [6.45, 7) is 8.94. The van der Waals surface area contributed by atoms with Crippen molar-refractivity contribution in [3.8, 4) is 11.1 Å². The molecule has 3 aliphatic rings. The number of amides is 2. The molecular formula is C37H45ClN8O4. The summed E-state index contributed by atoms with van der Waals surface area (Å²) in [5.74, 6) is 0.0829. The van der Waals surface area contributed by atoms with Crippen LogP contribution in [0.3, 0.4) is 0 Å². The molecule has 0 saturated carbocycles. The van der Waals surface area contributed by atoms with E-state index in [2.05, 4.69) is 20.4 Å². The van der Waals surface area contributed by atoms with Gasteiger partial charge in [0.25, 0.3) is 11.8 Å². The zero-order chi connectivity index (χ0) is 35.1. The fourth-order valence-corrected chi connectivity index (χ4v) is 7.96. The van der Waals surface area contributed by atoms with Crippen molar-refractivity contribution in [3.63, 3.8) is 0 Å². The standard InChI is InChI=1S/C37H45ClN8O4/c1-22(47)19-45-15-11-31-29(20-45)39-34(43(31)3)36(48)41-27-9-5-7-25(23(27)2)26-8-6-10-28(33(26)38)42-37(49)35-40-30-21-46(16-12-32(30)44(35)4)24-13-17-50-18-14-24/h5-10,22,24,47H,11-21H2,1-4H3,(H,41,48)(H,42,49)/t22-/m0/s1. The number of anilines is 2. The molecular weight excluding hydrogens is 656 g/mol. The van der Waals surface area contributed by atoms with Crippen LogP contribution in [0.15, 0.2) is 36.4 Å². The zero-order valence-electron chi connectivity index (χ0n) is 29.1. The van der Waals surface area contributed by atoms with Gasteiger partial charge in [0, 0.05) is 102 Å². The number of nitrogens with zero attached hydrogens (tertiary/aromatic N) is 6. The second-order valence-electron chi connectivity index (χ2n) is 13.7. The number of rotatable bonds is 8. The average molecular weight is 701 g/mol. The molecule has 3 N–H and O–H groups in total. The van der Waals surface area contributed by atoms with Gasteiger partial charge in [-0.3, -0.25) is 19.4 Å². The molecule has 0 radical (unpaired) electrons. The smallest absolute Gasteiger partial charge is 0.291 e. The summed E-state index contributed by atoms with van der Waals surface area (Å²) in [6, 6.07) is 11.7. The van der Waals surface area contributed by atoms with Gasteiger partial charge in [-0.15, -0.1) is 0 Å². The number of nitrogens with one attached hydrogen (secondary N) is 2. The number of imidazole rings is 2. The fraction of sp³-hybridized carbons (Fsp3) is 0.459. The zero-order valence-corrected chi connectivity index (χ0v) is 29.9. The Kier molecular flexibility index (Phi) is 9.82. The maximum atomic E-state index is 13.6. The summed E-state index contributed by atoms with van der Waals surface area (Å²) in [5.41, 5.74) is 7.47. The summed E-state index contributed by atoms with van der Waals surface area (Å²) in [6.07, 6.45) is 3.23. The Bertz CT molecular complexity index is 1930. The van der Waals surface area contributed by atoms with Gasteiger partial charge >= 0.3 is 0 Å². The van der Waals surface area contributed by atoms with Gasteiger partial charge in [0.1, 0.15) is 0 Å². The van der Waals surface area contributed by atoms with Gasteiger partial charge in [-0.2, -0.15) is 0 Å². The third kappa shape index (κ3) is 6.70. The Morgan fingerprint density at radius 3 is 2.14 bits per heavy atom. The maximum Gasteiger partial charge on any atom is 0.291 e. The molecule has 1 fully saturated rings. The van der Waals surface area contributed by atoms with Crippen LogP contribution in [0.4, 0.5) is 11.4 Å². The van der Waals surface area contributed by atoms with Gasteiger partial charge in [0.05, 0.1) is 28.2 Å². The maximum absolute atomic E-state index is 13.6. The molecule has 13 heteroatoms. The van der Waals surface area contributed by atoms with E-state index in [1.54, 1.807) is 13.0 Å². The number of hydrogen-bond acceptors (Lipinski definition) is 8. The monoisotopic (exact) mass is 700 g/mol. The third-order valence-corrected chi connectivity index (χ3v) is 10.8. The van der Waals surface area contributed by atoms with Crippen LogP contribution in [0.1, 0.15) is 69.3 Å². The Morgan fingerprint density at radius 1 is 0.900 bits per heavy atom. The van der Waals surface area contributed by atoms with Gasteiger partial charge in [-0.1, -0.05) is 35.9 Å². The number of benzene rings is 2. The number of aliphatic hydroxyl groups excluding tert-OH is 1. The molecule has 4 aromatic rings. The van der Waals surface area contributed by atoms with Gasteiger partial charge < -0.3 is 29.6 Å². The SMILES string of the molecule is Cc1c(NC(=O)c2nc3c(n2C)CCN(C[C@H](C)O)C3)cccc1-c1cccc(NC(=O)c2nc3c(n2C)CCN(C2CCOCC2)C3)c1Cl. The largest absolute Gasteiger partial charge is 0.392 e. The minimum atomic E-state index is -0.427. The van der Waals surface area contributed by atoms with Crippen LogP contribution in [0.25, 0.3) is 11.1 Å². The number of ether oxygens (including phenoxy) is 1. The molecule has 0 spiro atoms. The van der Waals surface area contributed by atoms with E-state index in [4.69, 9.17) is 26.3 Å². The molecule has 5 heterocycles. The number of aliphatic hydroxyl groups is 1. The van der Waals surface area contributed by atoms with E-state index in [-0.39, 0.29) is 11.8 Å². The van der Waals surface area contributed by atoms with Crippen molar-refractivity contribution in [2.24, 2.45) is 14.1 Å². The summed E-state index contributed by atoms with van der Waals surface area (Å²) in [7, 11) is 3.77. The second-order valence-corrected chi connectivity index (χ2v) is 14.1. The summed E-state index contributed by atoms with van der Waals surface area (Å²) in [5, 5.41) is 16.3. The Labute approximate surface area is 297 Å². The van der Waals surface area contributed by atoms with E-state index in [1.165, 1.54) is 0 Å². The van der Waals surface area contributed by atoms with Crippen LogP contribution >= 0.6 is 11.6 Å². The molecule has 2 aromatic carbocycles. The summed E-state index contributed by atoms with van der Waals surface area (Å²) in [4.78, 5) is 41.3. The van der Waals surface area contributed by atoms with Crippen molar-refractivity contribution >= 4 is 34.8 Å². The van der Waals surface area contributed by atoms with Crippen LogP contribution in [-0.2, 0) is 44.8 Å². The van der Waals surface area contributed by atoms with Gasteiger partial charge in [-0.05, 0) is 49.9 Å². The lowest BCUT2D eigenvalue weighted by molar-refractivity contribution is 0.0283. The molecule has 1 atom stereocenters. The van der Waals surface area contributed by atoms with Crippen molar-refractivity contribution in [1.29, 1.82) is 0 Å². The van der Waals surface area contributed by atoms with Crippen molar-refractivity contribution < 1.29 is 19.4 Å². The quantitative estimate of drug-likeness (QED) is 0.244. The van der Waals surface area contributed by atoms with Crippen molar-refractivity contribution in [1.82, 2.24) is 28.9 Å². The lowest BCUT2D eigenvalue weighted by Crippen LogP contribution is -2.42. The van der Waals surface area contributed by atoms with Crippen LogP contribution in [0, 0.1) is 6.92 Å². The van der Waals surface area contributed by atoms with E-state index in [0.717, 1.165) is 98.0 Å². The minimum Gasteiger partial charge on any atom is -0.392 e.